The fourth-order valence-electron chi connectivity index (χ4n) is 2.08. The van der Waals surface area contributed by atoms with Crippen LogP contribution in [0.1, 0.15) is 17.5 Å². The number of aryl methyl sites for hydroxylation is 2. The van der Waals surface area contributed by atoms with Crippen molar-refractivity contribution in [1.29, 1.82) is 0 Å². The zero-order chi connectivity index (χ0) is 13.8. The van der Waals surface area contributed by atoms with Crippen LogP contribution in [-0.2, 0) is 9.47 Å². The minimum Gasteiger partial charge on any atom is -0.488 e. The summed E-state index contributed by atoms with van der Waals surface area (Å²) >= 11 is 6.17. The SMILES string of the molecule is COCCOC1C(Cl)CC1Oc1ccc(C)c(C)c1. The van der Waals surface area contributed by atoms with Gasteiger partial charge >= 0.3 is 0 Å². The molecule has 3 atom stereocenters. The van der Waals surface area contributed by atoms with E-state index in [0.717, 1.165) is 12.2 Å². The molecule has 19 heavy (non-hydrogen) atoms. The maximum absolute atomic E-state index is 6.17. The Morgan fingerprint density at radius 3 is 2.63 bits per heavy atom. The van der Waals surface area contributed by atoms with E-state index in [1.54, 1.807) is 7.11 Å². The molecule has 0 spiro atoms. The van der Waals surface area contributed by atoms with Crippen molar-refractivity contribution in [2.75, 3.05) is 20.3 Å². The Labute approximate surface area is 119 Å². The van der Waals surface area contributed by atoms with E-state index >= 15 is 0 Å². The minimum atomic E-state index is -0.0431. The van der Waals surface area contributed by atoms with Crippen LogP contribution >= 0.6 is 11.6 Å². The van der Waals surface area contributed by atoms with Crippen molar-refractivity contribution in [2.45, 2.75) is 37.9 Å². The minimum absolute atomic E-state index is 0.0356. The van der Waals surface area contributed by atoms with Crippen LogP contribution in [-0.4, -0.2) is 37.9 Å². The second kappa shape index (κ2) is 6.60. The molecule has 3 nitrogen and oxygen atoms in total. The Bertz CT molecular complexity index is 422. The van der Waals surface area contributed by atoms with Crippen molar-refractivity contribution in [1.82, 2.24) is 0 Å². The molecule has 1 saturated carbocycles. The third-order valence-electron chi connectivity index (χ3n) is 3.54. The molecule has 4 heteroatoms. The van der Waals surface area contributed by atoms with Crippen molar-refractivity contribution in [2.24, 2.45) is 0 Å². The molecule has 3 unspecified atom stereocenters. The third-order valence-corrected chi connectivity index (χ3v) is 3.97. The molecule has 1 aromatic rings. The molecule has 2 rings (SSSR count). The van der Waals surface area contributed by atoms with E-state index in [4.69, 9.17) is 25.8 Å². The first-order valence-corrected chi connectivity index (χ1v) is 7.04. The van der Waals surface area contributed by atoms with Crippen LogP contribution in [0.2, 0.25) is 0 Å². The highest BCUT2D eigenvalue weighted by molar-refractivity contribution is 6.21. The standard InChI is InChI=1S/C15H21ClO3/c1-10-4-5-12(8-11(10)2)19-14-9-13(16)15(14)18-7-6-17-3/h4-5,8,13-15H,6-7,9H2,1-3H3. The van der Waals surface area contributed by atoms with E-state index in [1.807, 2.05) is 6.07 Å². The molecule has 0 amide bonds. The van der Waals surface area contributed by atoms with Gasteiger partial charge in [-0.15, -0.1) is 11.6 Å². The van der Waals surface area contributed by atoms with Crippen LogP contribution in [0.4, 0.5) is 0 Å². The Morgan fingerprint density at radius 1 is 1.21 bits per heavy atom. The highest BCUT2D eigenvalue weighted by atomic mass is 35.5. The lowest BCUT2D eigenvalue weighted by atomic mass is 9.91. The summed E-state index contributed by atoms with van der Waals surface area (Å²) in [5, 5.41) is 0.0356. The summed E-state index contributed by atoms with van der Waals surface area (Å²) in [7, 11) is 1.66. The number of hydrogen-bond donors (Lipinski definition) is 0. The van der Waals surface area contributed by atoms with Crippen LogP contribution in [0.15, 0.2) is 18.2 Å². The molecule has 0 N–H and O–H groups in total. The van der Waals surface area contributed by atoms with Crippen LogP contribution in [0.25, 0.3) is 0 Å². The van der Waals surface area contributed by atoms with Gasteiger partial charge in [0.15, 0.2) is 0 Å². The molecule has 106 valence electrons. The highest BCUT2D eigenvalue weighted by Gasteiger charge is 2.42. The Balaban J connectivity index is 1.89. The molecule has 1 aliphatic rings. The fraction of sp³-hybridized carbons (Fsp3) is 0.600. The van der Waals surface area contributed by atoms with Crippen LogP contribution in [0.5, 0.6) is 5.75 Å². The van der Waals surface area contributed by atoms with E-state index < -0.39 is 0 Å². The number of rotatable bonds is 6. The zero-order valence-corrected chi connectivity index (χ0v) is 12.4. The number of alkyl halides is 1. The van der Waals surface area contributed by atoms with Gasteiger partial charge in [0.1, 0.15) is 18.0 Å². The Hall–Kier alpha value is -0.770. The molecule has 1 aromatic carbocycles. The van der Waals surface area contributed by atoms with Crippen LogP contribution in [0, 0.1) is 13.8 Å². The summed E-state index contributed by atoms with van der Waals surface area (Å²) in [6.45, 7) is 5.31. The summed E-state index contributed by atoms with van der Waals surface area (Å²) in [6.07, 6.45) is 0.825. The van der Waals surface area contributed by atoms with Crippen LogP contribution < -0.4 is 4.74 Å². The summed E-state index contributed by atoms with van der Waals surface area (Å²) < 4.78 is 16.6. The average molecular weight is 285 g/mol. The second-order valence-electron chi connectivity index (χ2n) is 4.98. The Kier molecular flexibility index (Phi) is 5.08. The first kappa shape index (κ1) is 14.6. The lowest BCUT2D eigenvalue weighted by molar-refractivity contribution is -0.0898. The van der Waals surface area contributed by atoms with Gasteiger partial charge in [-0.05, 0) is 37.1 Å². The third kappa shape index (κ3) is 3.62. The smallest absolute Gasteiger partial charge is 0.128 e. The number of benzene rings is 1. The van der Waals surface area contributed by atoms with Crippen molar-refractivity contribution in [3.8, 4) is 5.75 Å². The van der Waals surface area contributed by atoms with Crippen molar-refractivity contribution < 1.29 is 14.2 Å². The van der Waals surface area contributed by atoms with Crippen molar-refractivity contribution >= 4 is 11.6 Å². The summed E-state index contributed by atoms with van der Waals surface area (Å²) in [5.41, 5.74) is 2.50. The zero-order valence-electron chi connectivity index (χ0n) is 11.7. The van der Waals surface area contributed by atoms with Gasteiger partial charge in [-0.3, -0.25) is 0 Å². The van der Waals surface area contributed by atoms with Crippen molar-refractivity contribution in [3.63, 3.8) is 0 Å². The number of ether oxygens (including phenoxy) is 3. The van der Waals surface area contributed by atoms with E-state index in [1.165, 1.54) is 11.1 Å². The Morgan fingerprint density at radius 2 is 2.00 bits per heavy atom. The molecule has 0 radical (unpaired) electrons. The quantitative estimate of drug-likeness (QED) is 0.593. The van der Waals surface area contributed by atoms with Gasteiger partial charge in [0, 0.05) is 13.5 Å². The van der Waals surface area contributed by atoms with Crippen LogP contribution in [0.3, 0.4) is 0 Å². The molecular weight excluding hydrogens is 264 g/mol. The van der Waals surface area contributed by atoms with Gasteiger partial charge in [0.25, 0.3) is 0 Å². The van der Waals surface area contributed by atoms with Gasteiger partial charge in [0.2, 0.25) is 0 Å². The normalized spacial score (nSPS) is 26.0. The van der Waals surface area contributed by atoms with Gasteiger partial charge in [-0.1, -0.05) is 6.07 Å². The molecule has 1 fully saturated rings. The van der Waals surface area contributed by atoms with Gasteiger partial charge in [0.05, 0.1) is 18.6 Å². The van der Waals surface area contributed by atoms with E-state index in [0.29, 0.717) is 13.2 Å². The van der Waals surface area contributed by atoms with Gasteiger partial charge in [-0.2, -0.15) is 0 Å². The predicted molar refractivity (Wildman–Crippen MR) is 76.2 cm³/mol. The molecule has 0 bridgehead atoms. The monoisotopic (exact) mass is 284 g/mol. The molecule has 1 aliphatic carbocycles. The number of halogens is 1. The molecular formula is C15H21ClO3. The lowest BCUT2D eigenvalue weighted by Crippen LogP contribution is -2.53. The average Bonchev–Trinajstić information content (AvgIpc) is 2.38. The predicted octanol–water partition coefficient (Wildman–Crippen LogP) is 3.09. The molecule has 0 aliphatic heterocycles. The summed E-state index contributed by atoms with van der Waals surface area (Å²) in [5.74, 6) is 0.886. The van der Waals surface area contributed by atoms with E-state index in [9.17, 15) is 0 Å². The number of hydrogen-bond acceptors (Lipinski definition) is 3. The molecule has 0 saturated heterocycles. The van der Waals surface area contributed by atoms with E-state index in [-0.39, 0.29) is 17.6 Å². The van der Waals surface area contributed by atoms with Gasteiger partial charge < -0.3 is 14.2 Å². The fourth-order valence-corrected chi connectivity index (χ4v) is 2.49. The lowest BCUT2D eigenvalue weighted by Gasteiger charge is -2.40. The maximum atomic E-state index is 6.17. The summed E-state index contributed by atoms with van der Waals surface area (Å²) in [6, 6.07) is 6.13. The van der Waals surface area contributed by atoms with Crippen molar-refractivity contribution in [3.05, 3.63) is 29.3 Å². The largest absolute Gasteiger partial charge is 0.488 e. The molecule has 0 heterocycles. The first-order chi connectivity index (χ1) is 9.11. The number of methoxy groups -OCH3 is 1. The topological polar surface area (TPSA) is 27.7 Å². The first-order valence-electron chi connectivity index (χ1n) is 6.60. The maximum Gasteiger partial charge on any atom is 0.128 e. The molecule has 0 aromatic heterocycles. The summed E-state index contributed by atoms with van der Waals surface area (Å²) in [4.78, 5) is 0. The second-order valence-corrected chi connectivity index (χ2v) is 5.54. The van der Waals surface area contributed by atoms with Gasteiger partial charge in [-0.25, -0.2) is 0 Å². The highest BCUT2D eigenvalue weighted by Crippen LogP contribution is 2.33. The van der Waals surface area contributed by atoms with E-state index in [2.05, 4.69) is 26.0 Å².